The van der Waals surface area contributed by atoms with Gasteiger partial charge in [0, 0.05) is 26.9 Å². The molecule has 0 spiro atoms. The maximum Gasteiger partial charge on any atom is 0.229 e. The third kappa shape index (κ3) is 2.16. The second kappa shape index (κ2) is 5.68. The molecule has 1 aliphatic carbocycles. The van der Waals surface area contributed by atoms with Crippen molar-refractivity contribution in [1.82, 2.24) is 0 Å². The van der Waals surface area contributed by atoms with Crippen LogP contribution in [-0.4, -0.2) is 7.11 Å². The molecule has 4 nitrogen and oxygen atoms in total. The highest BCUT2D eigenvalue weighted by molar-refractivity contribution is 6.07. The SMILES string of the molecule is COc1cc2ccc3c(=O)c4ccccc4c(=O)c=3oc2c2ccccc12. The summed E-state index contributed by atoms with van der Waals surface area (Å²) in [5, 5.41) is 3.51. The fourth-order valence-corrected chi connectivity index (χ4v) is 3.64. The Bertz CT molecular complexity index is 1550. The van der Waals surface area contributed by atoms with Crippen molar-refractivity contribution in [3.8, 4) is 5.75 Å². The topological polar surface area (TPSA) is 56.5 Å². The first-order valence-electron chi connectivity index (χ1n) is 8.57. The molecule has 130 valence electrons. The summed E-state index contributed by atoms with van der Waals surface area (Å²) in [6.45, 7) is 0. The molecule has 0 unspecified atom stereocenters. The standard InChI is InChI=1S/C23H14O4/c1-26-19-12-13-10-11-18-20(24)15-7-3-4-8-16(15)21(25)23(18)27-22(13)17-9-5-2-6-14(17)19/h2-12H,1H3. The maximum atomic E-state index is 13.0. The van der Waals surface area contributed by atoms with Crippen molar-refractivity contribution in [2.75, 3.05) is 7.11 Å². The van der Waals surface area contributed by atoms with Gasteiger partial charge >= 0.3 is 0 Å². The van der Waals surface area contributed by atoms with Gasteiger partial charge < -0.3 is 9.15 Å². The van der Waals surface area contributed by atoms with E-state index in [1.807, 2.05) is 30.3 Å². The number of ether oxygens (including phenoxy) is 1. The molecule has 1 heterocycles. The number of hydrogen-bond donors (Lipinski definition) is 0. The fourth-order valence-electron chi connectivity index (χ4n) is 3.64. The minimum atomic E-state index is -0.280. The Hall–Kier alpha value is -3.66. The Morgan fingerprint density at radius 1 is 0.741 bits per heavy atom. The zero-order valence-electron chi connectivity index (χ0n) is 14.5. The van der Waals surface area contributed by atoms with E-state index in [1.165, 1.54) is 0 Å². The van der Waals surface area contributed by atoms with E-state index >= 15 is 0 Å². The summed E-state index contributed by atoms with van der Waals surface area (Å²) in [4.78, 5) is 25.9. The number of rotatable bonds is 1. The van der Waals surface area contributed by atoms with Crippen molar-refractivity contribution in [1.29, 1.82) is 0 Å². The molecule has 0 fully saturated rings. The van der Waals surface area contributed by atoms with Crippen molar-refractivity contribution in [3.63, 3.8) is 0 Å². The van der Waals surface area contributed by atoms with Crippen LogP contribution in [-0.2, 0) is 0 Å². The lowest BCUT2D eigenvalue weighted by molar-refractivity contribution is 0.420. The lowest BCUT2D eigenvalue weighted by Gasteiger charge is -2.06. The van der Waals surface area contributed by atoms with Gasteiger partial charge in [0.2, 0.25) is 5.43 Å². The average Bonchev–Trinajstić information content (AvgIpc) is 2.91. The molecule has 1 aliphatic heterocycles. The molecule has 0 aromatic heterocycles. The largest absolute Gasteiger partial charge is 0.496 e. The van der Waals surface area contributed by atoms with Gasteiger partial charge in [0.05, 0.1) is 12.3 Å². The van der Waals surface area contributed by atoms with Gasteiger partial charge in [-0.15, -0.1) is 0 Å². The highest BCUT2D eigenvalue weighted by Crippen LogP contribution is 2.32. The van der Waals surface area contributed by atoms with Crippen LogP contribution in [0.1, 0.15) is 0 Å². The van der Waals surface area contributed by atoms with Crippen molar-refractivity contribution < 1.29 is 9.15 Å². The van der Waals surface area contributed by atoms with E-state index in [4.69, 9.17) is 9.15 Å². The first-order chi connectivity index (χ1) is 13.2. The molecule has 0 N–H and O–H groups in total. The minimum absolute atomic E-state index is 0.0732. The Morgan fingerprint density at radius 2 is 1.37 bits per heavy atom. The molecule has 2 aliphatic rings. The maximum absolute atomic E-state index is 13.0. The average molecular weight is 354 g/mol. The van der Waals surface area contributed by atoms with Gasteiger partial charge in [0.25, 0.3) is 0 Å². The Balaban J connectivity index is 2.13. The van der Waals surface area contributed by atoms with E-state index in [0.717, 1.165) is 16.2 Å². The summed E-state index contributed by atoms with van der Waals surface area (Å²) in [6, 6.07) is 19.8. The molecule has 5 rings (SSSR count). The monoisotopic (exact) mass is 354 g/mol. The molecule has 0 saturated heterocycles. The Kier molecular flexibility index (Phi) is 3.28. The van der Waals surface area contributed by atoms with E-state index in [2.05, 4.69) is 0 Å². The fraction of sp³-hybridized carbons (Fsp3) is 0.0435. The molecule has 3 aromatic carbocycles. The minimum Gasteiger partial charge on any atom is -0.496 e. The molecule has 0 amide bonds. The van der Waals surface area contributed by atoms with E-state index in [9.17, 15) is 9.59 Å². The summed E-state index contributed by atoms with van der Waals surface area (Å²) < 4.78 is 11.6. The van der Waals surface area contributed by atoms with Crippen LogP contribution in [0.25, 0.3) is 32.5 Å². The predicted octanol–water partition coefficient (Wildman–Crippen LogP) is 4.19. The van der Waals surface area contributed by atoms with Crippen LogP contribution in [0.2, 0.25) is 0 Å². The second-order valence-corrected chi connectivity index (χ2v) is 6.42. The summed E-state index contributed by atoms with van der Waals surface area (Å²) in [6.07, 6.45) is 0. The number of methoxy groups -OCH3 is 1. The van der Waals surface area contributed by atoms with Crippen molar-refractivity contribution in [2.24, 2.45) is 0 Å². The molecule has 0 radical (unpaired) electrons. The zero-order valence-corrected chi connectivity index (χ0v) is 14.5. The van der Waals surface area contributed by atoms with Crippen LogP contribution in [0.15, 0.2) is 80.7 Å². The van der Waals surface area contributed by atoms with E-state index in [-0.39, 0.29) is 21.5 Å². The summed E-state index contributed by atoms with van der Waals surface area (Å²) in [7, 11) is 1.61. The summed E-state index contributed by atoms with van der Waals surface area (Å²) in [5.41, 5.74) is 0.135. The molecule has 27 heavy (non-hydrogen) atoms. The van der Waals surface area contributed by atoms with E-state index in [0.29, 0.717) is 22.1 Å². The third-order valence-electron chi connectivity index (χ3n) is 4.95. The van der Waals surface area contributed by atoms with Crippen LogP contribution in [0.4, 0.5) is 0 Å². The first kappa shape index (κ1) is 15.6. The van der Waals surface area contributed by atoms with E-state index in [1.54, 1.807) is 43.5 Å². The number of fused-ring (bicyclic) bond motifs is 4. The third-order valence-corrected chi connectivity index (χ3v) is 4.95. The Morgan fingerprint density at radius 3 is 2.07 bits per heavy atom. The lowest BCUT2D eigenvalue weighted by atomic mass is 10.1. The first-order valence-corrected chi connectivity index (χ1v) is 8.57. The number of benzene rings is 3. The normalized spacial score (nSPS) is 11.4. The van der Waals surface area contributed by atoms with Crippen LogP contribution in [0.3, 0.4) is 0 Å². The molecule has 0 atom stereocenters. The van der Waals surface area contributed by atoms with Crippen LogP contribution in [0, 0.1) is 10.6 Å². The van der Waals surface area contributed by atoms with Gasteiger partial charge in [-0.2, -0.15) is 0 Å². The van der Waals surface area contributed by atoms with Gasteiger partial charge in [-0.1, -0.05) is 54.6 Å². The zero-order chi connectivity index (χ0) is 18.5. The van der Waals surface area contributed by atoms with Crippen LogP contribution in [0.5, 0.6) is 5.75 Å². The molecule has 0 saturated carbocycles. The second-order valence-electron chi connectivity index (χ2n) is 6.42. The molecular formula is C23H14O4. The van der Waals surface area contributed by atoms with Crippen LogP contribution < -0.4 is 15.6 Å². The predicted molar refractivity (Wildman–Crippen MR) is 106 cm³/mol. The molecule has 0 bridgehead atoms. The molecule has 4 heteroatoms. The highest BCUT2D eigenvalue weighted by Gasteiger charge is 2.12. The quantitative estimate of drug-likeness (QED) is 0.453. The van der Waals surface area contributed by atoms with Gasteiger partial charge in [-0.3, -0.25) is 9.59 Å². The number of hydrogen-bond acceptors (Lipinski definition) is 4. The van der Waals surface area contributed by atoms with Crippen molar-refractivity contribution >= 4 is 32.5 Å². The van der Waals surface area contributed by atoms with Gasteiger partial charge in [0.1, 0.15) is 11.3 Å². The molecule has 3 aromatic rings. The Labute approximate surface area is 152 Å². The smallest absolute Gasteiger partial charge is 0.229 e. The van der Waals surface area contributed by atoms with E-state index < -0.39 is 0 Å². The lowest BCUT2D eigenvalue weighted by Crippen LogP contribution is -2.13. The van der Waals surface area contributed by atoms with Gasteiger partial charge in [-0.25, -0.2) is 0 Å². The van der Waals surface area contributed by atoms with Crippen molar-refractivity contribution in [2.45, 2.75) is 0 Å². The highest BCUT2D eigenvalue weighted by atomic mass is 16.5. The molecular weight excluding hydrogens is 340 g/mol. The van der Waals surface area contributed by atoms with Gasteiger partial charge in [-0.05, 0) is 12.1 Å². The van der Waals surface area contributed by atoms with Crippen molar-refractivity contribution in [3.05, 3.63) is 97.8 Å². The van der Waals surface area contributed by atoms with Gasteiger partial charge in [0.15, 0.2) is 10.8 Å². The summed E-state index contributed by atoms with van der Waals surface area (Å²) >= 11 is 0. The van der Waals surface area contributed by atoms with Crippen LogP contribution >= 0.6 is 0 Å². The summed E-state index contributed by atoms with van der Waals surface area (Å²) in [5.74, 6) is 0.707.